The van der Waals surface area contributed by atoms with Crippen LogP contribution in [-0.4, -0.2) is 39.8 Å². The molecule has 0 aromatic rings. The fourth-order valence-electron chi connectivity index (χ4n) is 1.33. The van der Waals surface area contributed by atoms with Crippen LogP contribution >= 0.6 is 0 Å². The molecule has 98 valence electrons. The van der Waals surface area contributed by atoms with E-state index < -0.39 is 19.6 Å². The van der Waals surface area contributed by atoms with Crippen LogP contribution in [0, 0.1) is 0 Å². The highest BCUT2D eigenvalue weighted by atomic mass is 32.2. The molecule has 0 aromatic heterocycles. The molecular formula is C10H22O4S2. The van der Waals surface area contributed by atoms with E-state index in [1.54, 1.807) is 0 Å². The summed E-state index contributed by atoms with van der Waals surface area (Å²) in [7, 11) is -6.32. The predicted molar refractivity (Wildman–Crippen MR) is 70.2 cm³/mol. The topological polar surface area (TPSA) is 71.4 Å². The van der Waals surface area contributed by atoms with Crippen molar-refractivity contribution in [3.8, 4) is 0 Å². The van der Waals surface area contributed by atoms with Crippen LogP contribution in [0.4, 0.5) is 0 Å². The molecule has 0 saturated heterocycles. The molecule has 1 N–H and O–H groups in total. The van der Waals surface area contributed by atoms with Crippen LogP contribution in [0.1, 0.15) is 39.5 Å². The molecular weight excluding hydrogens is 248 g/mol. The van der Waals surface area contributed by atoms with Gasteiger partial charge in [-0.15, -0.1) is 0 Å². The lowest BCUT2D eigenvalue weighted by Gasteiger charge is -2.09. The molecule has 0 fully saturated rings. The molecule has 16 heavy (non-hydrogen) atoms. The molecule has 6 heteroatoms. The van der Waals surface area contributed by atoms with Crippen molar-refractivity contribution >= 4 is 24.5 Å². The quantitative estimate of drug-likeness (QED) is 0.713. The third kappa shape index (κ3) is 6.50. The summed E-state index contributed by atoms with van der Waals surface area (Å²) >= 11 is 0. The molecule has 0 aliphatic heterocycles. The minimum Gasteiger partial charge on any atom is -0.314 e. The van der Waals surface area contributed by atoms with Crippen LogP contribution in [0.15, 0.2) is 0 Å². The number of hydrogen-bond acceptors (Lipinski definition) is 3. The fraction of sp³-hybridized carbons (Fsp3) is 0.900. The monoisotopic (exact) mass is 270 g/mol. The Bertz CT molecular complexity index is 406. The maximum atomic E-state index is 11.7. The van der Waals surface area contributed by atoms with Crippen LogP contribution < -0.4 is 0 Å². The van der Waals surface area contributed by atoms with E-state index in [0.717, 1.165) is 6.42 Å². The van der Waals surface area contributed by atoms with Gasteiger partial charge in [0.2, 0.25) is 0 Å². The molecule has 0 amide bonds. The fourth-order valence-corrected chi connectivity index (χ4v) is 4.84. The molecule has 0 heterocycles. The minimum atomic E-state index is -3.22. The lowest BCUT2D eigenvalue weighted by atomic mass is 10.3. The van der Waals surface area contributed by atoms with Crippen LogP contribution in [0.5, 0.6) is 0 Å². The van der Waals surface area contributed by atoms with Crippen molar-refractivity contribution in [2.45, 2.75) is 39.5 Å². The number of rotatable bonds is 7. The molecule has 0 saturated carbocycles. The SMILES string of the molecule is CCCCS(=O)(=O)CC(CCC)=S(C)(=O)O. The summed E-state index contributed by atoms with van der Waals surface area (Å²) in [6.45, 7) is 3.78. The van der Waals surface area contributed by atoms with Gasteiger partial charge in [0.25, 0.3) is 0 Å². The Kier molecular flexibility index (Phi) is 6.58. The molecule has 0 spiro atoms. The highest BCUT2D eigenvalue weighted by molar-refractivity contribution is 7.99. The molecule has 1 atom stereocenters. The van der Waals surface area contributed by atoms with Gasteiger partial charge in [-0.05, 0) is 12.8 Å². The van der Waals surface area contributed by atoms with Gasteiger partial charge >= 0.3 is 0 Å². The van der Waals surface area contributed by atoms with Gasteiger partial charge < -0.3 is 4.55 Å². The normalized spacial score (nSPS) is 15.8. The van der Waals surface area contributed by atoms with E-state index in [1.807, 2.05) is 13.8 Å². The average molecular weight is 270 g/mol. The summed E-state index contributed by atoms with van der Waals surface area (Å²) in [5.74, 6) is -0.140. The number of sulfone groups is 1. The van der Waals surface area contributed by atoms with Crippen molar-refractivity contribution in [3.05, 3.63) is 0 Å². The third-order valence-corrected chi connectivity index (χ3v) is 5.56. The van der Waals surface area contributed by atoms with E-state index in [9.17, 15) is 17.2 Å². The summed E-state index contributed by atoms with van der Waals surface area (Å²) in [6, 6.07) is 0. The maximum absolute atomic E-state index is 11.7. The van der Waals surface area contributed by atoms with E-state index in [4.69, 9.17) is 0 Å². The Morgan fingerprint density at radius 1 is 1.12 bits per heavy atom. The maximum Gasteiger partial charge on any atom is 0.154 e. The van der Waals surface area contributed by atoms with Crippen LogP contribution in [0.25, 0.3) is 0 Å². The minimum absolute atomic E-state index is 0.103. The Morgan fingerprint density at radius 3 is 2.06 bits per heavy atom. The van der Waals surface area contributed by atoms with Crippen LogP contribution in [0.2, 0.25) is 0 Å². The Labute approximate surface area is 99.2 Å². The summed E-state index contributed by atoms with van der Waals surface area (Å²) in [4.78, 5) is 0.256. The van der Waals surface area contributed by atoms with Gasteiger partial charge in [-0.1, -0.05) is 26.7 Å². The standard InChI is InChI=1S/C10H22O4S2/c1-4-6-8-16(13,14)9-10(7-5-2)15(3,11)12/h4-9H2,1-3H3,(H,11,12). The molecule has 0 aliphatic rings. The summed E-state index contributed by atoms with van der Waals surface area (Å²) in [5, 5.41) is 0. The van der Waals surface area contributed by atoms with E-state index in [-0.39, 0.29) is 16.4 Å². The van der Waals surface area contributed by atoms with Gasteiger partial charge in [-0.3, -0.25) is 0 Å². The first kappa shape index (κ1) is 15.9. The summed E-state index contributed by atoms with van der Waals surface area (Å²) < 4.78 is 44.2. The van der Waals surface area contributed by atoms with Gasteiger partial charge in [-0.2, -0.15) is 0 Å². The van der Waals surface area contributed by atoms with Gasteiger partial charge in [-0.25, -0.2) is 12.6 Å². The number of unbranched alkanes of at least 4 members (excludes halogenated alkanes) is 1. The molecule has 0 aromatic carbocycles. The van der Waals surface area contributed by atoms with E-state index in [0.29, 0.717) is 19.3 Å². The van der Waals surface area contributed by atoms with Crippen molar-refractivity contribution in [2.24, 2.45) is 0 Å². The lowest BCUT2D eigenvalue weighted by Crippen LogP contribution is -2.24. The Balaban J connectivity index is 4.87. The van der Waals surface area contributed by atoms with Crippen molar-refractivity contribution < 1.29 is 17.2 Å². The number of hydrogen-bond donors (Lipinski definition) is 1. The van der Waals surface area contributed by atoms with Crippen molar-refractivity contribution in [3.63, 3.8) is 0 Å². The smallest absolute Gasteiger partial charge is 0.154 e. The zero-order valence-corrected chi connectivity index (χ0v) is 11.9. The van der Waals surface area contributed by atoms with Crippen molar-refractivity contribution in [1.82, 2.24) is 0 Å². The zero-order valence-electron chi connectivity index (χ0n) is 10.2. The highest BCUT2D eigenvalue weighted by Crippen LogP contribution is 2.04. The van der Waals surface area contributed by atoms with Gasteiger partial charge in [0, 0.05) is 11.1 Å². The predicted octanol–water partition coefficient (Wildman–Crippen LogP) is 1.56. The van der Waals surface area contributed by atoms with Crippen LogP contribution in [0.3, 0.4) is 0 Å². The van der Waals surface area contributed by atoms with Crippen molar-refractivity contribution in [2.75, 3.05) is 17.8 Å². The van der Waals surface area contributed by atoms with Gasteiger partial charge in [0.15, 0.2) is 9.84 Å². The average Bonchev–Trinajstić information content (AvgIpc) is 2.12. The highest BCUT2D eigenvalue weighted by Gasteiger charge is 2.17. The second-order valence-electron chi connectivity index (χ2n) is 4.04. The largest absolute Gasteiger partial charge is 0.314 e. The van der Waals surface area contributed by atoms with E-state index in [2.05, 4.69) is 0 Å². The lowest BCUT2D eigenvalue weighted by molar-refractivity contribution is 0.564. The molecule has 4 nitrogen and oxygen atoms in total. The van der Waals surface area contributed by atoms with Crippen molar-refractivity contribution in [1.29, 1.82) is 0 Å². The summed E-state index contributed by atoms with van der Waals surface area (Å²) in [6.07, 6.45) is 3.69. The zero-order chi connectivity index (χ0) is 12.8. The molecule has 0 rings (SSSR count). The molecule has 1 unspecified atom stereocenters. The molecule has 0 bridgehead atoms. The first-order valence-electron chi connectivity index (χ1n) is 5.49. The van der Waals surface area contributed by atoms with Crippen LogP contribution in [-0.2, 0) is 19.6 Å². The van der Waals surface area contributed by atoms with Gasteiger partial charge in [0.05, 0.1) is 21.3 Å². The molecule has 0 aliphatic carbocycles. The Morgan fingerprint density at radius 2 is 1.69 bits per heavy atom. The van der Waals surface area contributed by atoms with E-state index in [1.165, 1.54) is 6.26 Å². The van der Waals surface area contributed by atoms with Gasteiger partial charge in [0.1, 0.15) is 0 Å². The third-order valence-electron chi connectivity index (χ3n) is 2.25. The first-order chi connectivity index (χ1) is 7.23. The first-order valence-corrected chi connectivity index (χ1v) is 9.24. The second kappa shape index (κ2) is 6.61. The summed E-state index contributed by atoms with van der Waals surface area (Å²) in [5.41, 5.74) is 0. The second-order valence-corrected chi connectivity index (χ2v) is 8.40. The van der Waals surface area contributed by atoms with E-state index >= 15 is 0 Å². The Hall–Kier alpha value is -0.0700. The molecule has 0 radical (unpaired) electrons.